The topological polar surface area (TPSA) is 32.6 Å². The van der Waals surface area contributed by atoms with E-state index < -0.39 is 17.0 Å². The standard InChI is InChI=1S/C15H16NOP.2ClH.Ti/c1-11-7-8-14(12(9-11)10-16-2)18-15-6-4-3-5-13(15)17;;;/h3-10,17-18H,1-2H3;2*1H;/q;;;+2/p-2. The molecule has 2 rings (SSSR count). The normalized spacial score (nSPS) is 10.7. The molecule has 0 radical (unpaired) electrons. The predicted molar refractivity (Wildman–Crippen MR) is 92.1 cm³/mol. The zero-order chi connectivity index (χ0) is 15.7. The van der Waals surface area contributed by atoms with Gasteiger partial charge in [0, 0.05) is 24.1 Å². The van der Waals surface area contributed by atoms with Crippen LogP contribution in [0.3, 0.4) is 0 Å². The van der Waals surface area contributed by atoms with E-state index in [1.54, 1.807) is 13.1 Å². The first kappa shape index (κ1) is 18.7. The van der Waals surface area contributed by atoms with E-state index in [1.807, 2.05) is 24.4 Å². The van der Waals surface area contributed by atoms with Gasteiger partial charge in [-0.15, -0.1) is 0 Å². The Hall–Kier alpha value is -0.366. The van der Waals surface area contributed by atoms with Crippen LogP contribution in [0.15, 0.2) is 47.5 Å². The molecule has 0 aliphatic carbocycles. The van der Waals surface area contributed by atoms with Crippen molar-refractivity contribution in [3.8, 4) is 5.75 Å². The molecule has 1 unspecified atom stereocenters. The van der Waals surface area contributed by atoms with Crippen molar-refractivity contribution in [1.82, 2.24) is 0 Å². The Morgan fingerprint density at radius 1 is 1.14 bits per heavy atom. The Morgan fingerprint density at radius 2 is 1.81 bits per heavy atom. The number of benzene rings is 2. The SMILES string of the molecule is CN=Cc1cc(C)ccc1Pc1ccccc1O.[Cl][Ti][Cl]. The third kappa shape index (κ3) is 6.51. The number of rotatable bonds is 3. The van der Waals surface area contributed by atoms with E-state index in [0.29, 0.717) is 14.3 Å². The van der Waals surface area contributed by atoms with Gasteiger partial charge in [-0.3, -0.25) is 4.99 Å². The van der Waals surface area contributed by atoms with Gasteiger partial charge in [0.1, 0.15) is 5.75 Å². The van der Waals surface area contributed by atoms with Gasteiger partial charge < -0.3 is 5.11 Å². The van der Waals surface area contributed by atoms with E-state index in [-0.39, 0.29) is 0 Å². The molecule has 1 atom stereocenters. The van der Waals surface area contributed by atoms with Crippen molar-refractivity contribution in [3.05, 3.63) is 53.6 Å². The zero-order valence-electron chi connectivity index (χ0n) is 11.8. The Labute approximate surface area is 144 Å². The number of nitrogens with zero attached hydrogens (tertiary/aromatic N) is 1. The molecule has 0 heterocycles. The van der Waals surface area contributed by atoms with Crippen LogP contribution in [0.4, 0.5) is 0 Å². The quantitative estimate of drug-likeness (QED) is 0.494. The number of aryl methyl sites for hydroxylation is 1. The molecular formula is C15H16Cl2NOPTi. The van der Waals surface area contributed by atoms with Crippen LogP contribution in [-0.2, 0) is 17.0 Å². The molecule has 2 nitrogen and oxygen atoms in total. The Morgan fingerprint density at radius 3 is 2.43 bits per heavy atom. The van der Waals surface area contributed by atoms with Crippen molar-refractivity contribution < 1.29 is 22.1 Å². The third-order valence-corrected chi connectivity index (χ3v) is 4.07. The van der Waals surface area contributed by atoms with Crippen molar-refractivity contribution in [3.63, 3.8) is 0 Å². The number of phenols is 1. The molecule has 0 aliphatic rings. The summed E-state index contributed by atoms with van der Waals surface area (Å²) in [5, 5.41) is 12.0. The molecule has 0 bridgehead atoms. The Balaban J connectivity index is 0.000000677. The van der Waals surface area contributed by atoms with Crippen molar-refractivity contribution in [2.45, 2.75) is 6.92 Å². The van der Waals surface area contributed by atoms with Crippen LogP contribution >= 0.6 is 27.2 Å². The van der Waals surface area contributed by atoms with Crippen LogP contribution in [-0.4, -0.2) is 18.4 Å². The molecule has 1 N–H and O–H groups in total. The minimum absolute atomic E-state index is 0.357. The van der Waals surface area contributed by atoms with Crippen LogP contribution in [0.2, 0.25) is 0 Å². The molecule has 2 aromatic carbocycles. The number of para-hydroxylation sites is 1. The summed E-state index contributed by atoms with van der Waals surface area (Å²) in [7, 11) is 12.0. The molecular weight excluding hydrogens is 360 g/mol. The molecule has 0 saturated carbocycles. The number of hydrogen-bond acceptors (Lipinski definition) is 2. The van der Waals surface area contributed by atoms with Gasteiger partial charge in [0.2, 0.25) is 0 Å². The van der Waals surface area contributed by atoms with E-state index in [4.69, 9.17) is 18.6 Å². The van der Waals surface area contributed by atoms with E-state index in [9.17, 15) is 5.11 Å². The molecule has 0 fully saturated rings. The number of hydrogen-bond donors (Lipinski definition) is 1. The molecule has 2 aromatic rings. The maximum absolute atomic E-state index is 9.82. The molecule has 110 valence electrons. The van der Waals surface area contributed by atoms with Gasteiger partial charge >= 0.3 is 35.6 Å². The monoisotopic (exact) mass is 375 g/mol. The predicted octanol–water partition coefficient (Wildman–Crippen LogP) is 3.76. The molecule has 0 aromatic heterocycles. The summed E-state index contributed by atoms with van der Waals surface area (Å²) in [5.41, 5.74) is 2.34. The van der Waals surface area contributed by atoms with Gasteiger partial charge in [0.05, 0.1) is 0 Å². The fraction of sp³-hybridized carbons (Fsp3) is 0.133. The second-order valence-electron chi connectivity index (χ2n) is 4.19. The van der Waals surface area contributed by atoms with E-state index in [1.165, 1.54) is 10.9 Å². The summed E-state index contributed by atoms with van der Waals surface area (Å²) in [5.74, 6) is 0.357. The van der Waals surface area contributed by atoms with Crippen molar-refractivity contribution in [1.29, 1.82) is 0 Å². The van der Waals surface area contributed by atoms with Gasteiger partial charge in [0.15, 0.2) is 0 Å². The van der Waals surface area contributed by atoms with Gasteiger partial charge in [-0.1, -0.05) is 44.5 Å². The molecule has 0 spiro atoms. The number of halogens is 2. The second kappa shape index (κ2) is 10.4. The summed E-state index contributed by atoms with van der Waals surface area (Å²) in [4.78, 5) is 4.09. The molecule has 0 saturated heterocycles. The maximum atomic E-state index is 9.82. The zero-order valence-corrected chi connectivity index (χ0v) is 15.8. The fourth-order valence-corrected chi connectivity index (χ4v) is 2.90. The Bertz CT molecular complexity index is 608. The summed E-state index contributed by atoms with van der Waals surface area (Å²) in [6.07, 6.45) is 1.87. The van der Waals surface area contributed by atoms with Gasteiger partial charge in [-0.05, 0) is 24.4 Å². The summed E-state index contributed by atoms with van der Waals surface area (Å²) < 4.78 is 0. The minimum atomic E-state index is -0.556. The van der Waals surface area contributed by atoms with Crippen molar-refractivity contribution >= 4 is 44.0 Å². The van der Waals surface area contributed by atoms with Crippen LogP contribution in [0.5, 0.6) is 5.75 Å². The van der Waals surface area contributed by atoms with Crippen molar-refractivity contribution in [2.75, 3.05) is 7.05 Å². The number of aliphatic imine (C=N–C) groups is 1. The number of phenolic OH excluding ortho intramolecular Hbond substituents is 1. The average molecular weight is 376 g/mol. The average Bonchev–Trinajstić information content (AvgIpc) is 2.45. The Kier molecular flexibility index (Phi) is 9.23. The second-order valence-corrected chi connectivity index (χ2v) is 8.10. The first-order valence-electron chi connectivity index (χ1n) is 6.16. The summed E-state index contributed by atoms with van der Waals surface area (Å²) in [6.45, 7) is 2.07. The third-order valence-electron chi connectivity index (χ3n) is 2.65. The van der Waals surface area contributed by atoms with Crippen LogP contribution in [0.25, 0.3) is 0 Å². The first-order chi connectivity index (χ1) is 10.1. The van der Waals surface area contributed by atoms with E-state index in [2.05, 4.69) is 30.1 Å². The van der Waals surface area contributed by atoms with Gasteiger partial charge in [0.25, 0.3) is 0 Å². The summed E-state index contributed by atoms with van der Waals surface area (Å²) in [6, 6.07) is 13.8. The number of aromatic hydroxyl groups is 1. The first-order valence-corrected chi connectivity index (χ1v) is 11.5. The molecule has 6 heteroatoms. The van der Waals surface area contributed by atoms with Crippen LogP contribution in [0, 0.1) is 6.92 Å². The summed E-state index contributed by atoms with van der Waals surface area (Å²) >= 11 is -0.556. The van der Waals surface area contributed by atoms with Crippen molar-refractivity contribution in [2.24, 2.45) is 4.99 Å². The van der Waals surface area contributed by atoms with Gasteiger partial charge in [-0.2, -0.15) is 0 Å². The fourth-order valence-electron chi connectivity index (χ4n) is 1.77. The molecule has 0 amide bonds. The van der Waals surface area contributed by atoms with Crippen LogP contribution < -0.4 is 10.6 Å². The van der Waals surface area contributed by atoms with E-state index in [0.717, 1.165) is 10.9 Å². The van der Waals surface area contributed by atoms with E-state index >= 15 is 0 Å². The molecule has 0 aliphatic heterocycles. The van der Waals surface area contributed by atoms with Gasteiger partial charge in [-0.25, -0.2) is 0 Å². The molecule has 21 heavy (non-hydrogen) atoms. The van der Waals surface area contributed by atoms with Crippen LogP contribution in [0.1, 0.15) is 11.1 Å².